The van der Waals surface area contributed by atoms with Gasteiger partial charge in [-0.1, -0.05) is 46.5 Å². The molecule has 0 aliphatic carbocycles. The maximum Gasteiger partial charge on any atom is 0.0542 e. The maximum absolute atomic E-state index is 9.61. The summed E-state index contributed by atoms with van der Waals surface area (Å²) >= 11 is 0. The Bertz CT molecular complexity index is 87.0. The van der Waals surface area contributed by atoms with Gasteiger partial charge in [-0.2, -0.15) is 0 Å². The molecule has 0 aliphatic heterocycles. The third kappa shape index (κ3) is 5.59. The Labute approximate surface area is 77.2 Å². The number of aliphatic hydroxyl groups excluding tert-OH is 1. The molecule has 1 heteroatoms. The third-order valence-corrected chi connectivity index (χ3v) is 2.65. The first-order valence-corrected chi connectivity index (χ1v) is 5.42. The topological polar surface area (TPSA) is 20.2 Å². The number of rotatable bonds is 7. The highest BCUT2D eigenvalue weighted by atomic mass is 16.3. The van der Waals surface area contributed by atoms with Crippen LogP contribution in [0.25, 0.3) is 0 Å². The quantitative estimate of drug-likeness (QED) is 0.624. The molecule has 1 atom stereocenters. The lowest BCUT2D eigenvalue weighted by molar-refractivity contribution is 0.128. The van der Waals surface area contributed by atoms with Crippen molar-refractivity contribution in [3.63, 3.8) is 0 Å². The lowest BCUT2D eigenvalue weighted by atomic mass is 9.94. The second kappa shape index (κ2) is 7.60. The average Bonchev–Trinajstić information content (AvgIpc) is 2.10. The van der Waals surface area contributed by atoms with Gasteiger partial charge in [0.25, 0.3) is 0 Å². The van der Waals surface area contributed by atoms with Crippen LogP contribution in [0.1, 0.15) is 59.3 Å². The van der Waals surface area contributed by atoms with Crippen molar-refractivity contribution in [1.29, 1.82) is 0 Å². The van der Waals surface area contributed by atoms with Gasteiger partial charge in [-0.3, -0.25) is 0 Å². The molecular formula is C11H24O. The summed E-state index contributed by atoms with van der Waals surface area (Å²) in [4.78, 5) is 0. The number of hydrogen-bond acceptors (Lipinski definition) is 1. The highest BCUT2D eigenvalue weighted by Gasteiger charge is 2.10. The molecule has 0 amide bonds. The van der Waals surface area contributed by atoms with E-state index in [0.29, 0.717) is 0 Å². The van der Waals surface area contributed by atoms with Gasteiger partial charge in [0.15, 0.2) is 0 Å². The molecule has 0 aromatic heterocycles. The van der Waals surface area contributed by atoms with Crippen molar-refractivity contribution in [2.45, 2.75) is 65.4 Å². The summed E-state index contributed by atoms with van der Waals surface area (Å²) in [7, 11) is 0. The monoisotopic (exact) mass is 172 g/mol. The molecule has 0 aromatic rings. The molecule has 0 rings (SSSR count). The molecule has 0 aromatic carbocycles. The van der Waals surface area contributed by atoms with Gasteiger partial charge in [0, 0.05) is 0 Å². The van der Waals surface area contributed by atoms with Crippen LogP contribution >= 0.6 is 0 Å². The van der Waals surface area contributed by atoms with Crippen molar-refractivity contribution in [3.05, 3.63) is 0 Å². The van der Waals surface area contributed by atoms with Gasteiger partial charge in [0.1, 0.15) is 0 Å². The predicted molar refractivity (Wildman–Crippen MR) is 54.2 cm³/mol. The molecule has 1 N–H and O–H groups in total. The first kappa shape index (κ1) is 12.0. The van der Waals surface area contributed by atoms with E-state index >= 15 is 0 Å². The van der Waals surface area contributed by atoms with Crippen molar-refractivity contribution in [3.8, 4) is 0 Å². The summed E-state index contributed by atoms with van der Waals surface area (Å²) < 4.78 is 0. The molecule has 0 saturated carbocycles. The lowest BCUT2D eigenvalue weighted by Gasteiger charge is -2.16. The Hall–Kier alpha value is -0.0400. The normalized spacial score (nSPS) is 13.8. The van der Waals surface area contributed by atoms with E-state index in [1.807, 2.05) is 0 Å². The Morgan fingerprint density at radius 1 is 1.08 bits per heavy atom. The summed E-state index contributed by atoms with van der Waals surface area (Å²) in [6.07, 6.45) is 6.73. The van der Waals surface area contributed by atoms with Gasteiger partial charge in [0.2, 0.25) is 0 Å². The highest BCUT2D eigenvalue weighted by molar-refractivity contribution is 4.62. The molecule has 1 unspecified atom stereocenters. The molecule has 0 heterocycles. The molecule has 1 nitrogen and oxygen atoms in total. The lowest BCUT2D eigenvalue weighted by Crippen LogP contribution is -2.12. The van der Waals surface area contributed by atoms with Gasteiger partial charge in [-0.25, -0.2) is 0 Å². The fraction of sp³-hybridized carbons (Fsp3) is 1.00. The second-order valence-corrected chi connectivity index (χ2v) is 3.71. The smallest absolute Gasteiger partial charge is 0.0542 e. The van der Waals surface area contributed by atoms with Crippen LogP contribution in [0.2, 0.25) is 0 Å². The van der Waals surface area contributed by atoms with Crippen LogP contribution < -0.4 is 0 Å². The van der Waals surface area contributed by atoms with Crippen molar-refractivity contribution in [1.82, 2.24) is 0 Å². The van der Waals surface area contributed by atoms with E-state index in [0.717, 1.165) is 18.8 Å². The molecule has 12 heavy (non-hydrogen) atoms. The minimum atomic E-state index is -0.0464. The maximum atomic E-state index is 9.61. The summed E-state index contributed by atoms with van der Waals surface area (Å²) in [5, 5.41) is 9.61. The number of unbranched alkanes of at least 4 members (excludes halogenated alkanes) is 1. The summed E-state index contributed by atoms with van der Waals surface area (Å²) in [6.45, 7) is 6.59. The van der Waals surface area contributed by atoms with Gasteiger partial charge in [-0.15, -0.1) is 0 Å². The molecule has 0 saturated heterocycles. The highest BCUT2D eigenvalue weighted by Crippen LogP contribution is 2.17. The van der Waals surface area contributed by atoms with E-state index in [4.69, 9.17) is 0 Å². The summed E-state index contributed by atoms with van der Waals surface area (Å²) in [5.74, 6) is 0.733. The third-order valence-electron chi connectivity index (χ3n) is 2.65. The van der Waals surface area contributed by atoms with Crippen LogP contribution in [0.3, 0.4) is 0 Å². The molecule has 0 spiro atoms. The van der Waals surface area contributed by atoms with Crippen molar-refractivity contribution in [2.24, 2.45) is 5.92 Å². The minimum absolute atomic E-state index is 0.0464. The minimum Gasteiger partial charge on any atom is -0.393 e. The Morgan fingerprint density at radius 3 is 2.08 bits per heavy atom. The second-order valence-electron chi connectivity index (χ2n) is 3.71. The Balaban J connectivity index is 3.44. The number of aliphatic hydroxyl groups is 1. The van der Waals surface area contributed by atoms with E-state index in [2.05, 4.69) is 20.8 Å². The van der Waals surface area contributed by atoms with Crippen LogP contribution in [0, 0.1) is 5.92 Å². The van der Waals surface area contributed by atoms with E-state index < -0.39 is 0 Å². The standard InChI is InChI=1S/C11H24O/c1-4-7-8-11(12)9-10(5-2)6-3/h10-12H,4-9H2,1-3H3. The zero-order chi connectivity index (χ0) is 9.40. The molecule has 0 bridgehead atoms. The largest absolute Gasteiger partial charge is 0.393 e. The van der Waals surface area contributed by atoms with Crippen LogP contribution in [-0.4, -0.2) is 11.2 Å². The van der Waals surface area contributed by atoms with Crippen molar-refractivity contribution in [2.75, 3.05) is 0 Å². The van der Waals surface area contributed by atoms with Crippen molar-refractivity contribution >= 4 is 0 Å². The summed E-state index contributed by atoms with van der Waals surface area (Å²) in [5.41, 5.74) is 0. The molecule has 0 aliphatic rings. The predicted octanol–water partition coefficient (Wildman–Crippen LogP) is 3.36. The number of hydrogen-bond donors (Lipinski definition) is 1. The SMILES string of the molecule is CCCCC(O)CC(CC)CC. The molecule has 74 valence electrons. The zero-order valence-corrected chi connectivity index (χ0v) is 8.84. The van der Waals surface area contributed by atoms with Crippen molar-refractivity contribution < 1.29 is 5.11 Å². The summed E-state index contributed by atoms with van der Waals surface area (Å²) in [6, 6.07) is 0. The first-order valence-electron chi connectivity index (χ1n) is 5.42. The first-order chi connectivity index (χ1) is 5.74. The van der Waals surface area contributed by atoms with Crippen LogP contribution in [0.4, 0.5) is 0 Å². The fourth-order valence-electron chi connectivity index (χ4n) is 1.56. The van der Waals surface area contributed by atoms with Gasteiger partial charge < -0.3 is 5.11 Å². The molecule has 0 fully saturated rings. The fourth-order valence-corrected chi connectivity index (χ4v) is 1.56. The van der Waals surface area contributed by atoms with E-state index in [1.54, 1.807) is 0 Å². The van der Waals surface area contributed by atoms with E-state index in [1.165, 1.54) is 25.7 Å². The van der Waals surface area contributed by atoms with E-state index in [-0.39, 0.29) is 6.10 Å². The average molecular weight is 172 g/mol. The zero-order valence-electron chi connectivity index (χ0n) is 8.84. The van der Waals surface area contributed by atoms with Crippen LogP contribution in [0.5, 0.6) is 0 Å². The van der Waals surface area contributed by atoms with E-state index in [9.17, 15) is 5.11 Å². The van der Waals surface area contributed by atoms with Crippen LogP contribution in [-0.2, 0) is 0 Å². The molecule has 0 radical (unpaired) electrons. The van der Waals surface area contributed by atoms with Gasteiger partial charge in [0.05, 0.1) is 6.10 Å². The van der Waals surface area contributed by atoms with Gasteiger partial charge >= 0.3 is 0 Å². The Kier molecular flexibility index (Phi) is 7.58. The van der Waals surface area contributed by atoms with Gasteiger partial charge in [-0.05, 0) is 18.8 Å². The van der Waals surface area contributed by atoms with Crippen LogP contribution in [0.15, 0.2) is 0 Å². The molecular weight excluding hydrogens is 148 g/mol. The Morgan fingerprint density at radius 2 is 1.67 bits per heavy atom.